The quantitative estimate of drug-likeness (QED) is 0.615. The van der Waals surface area contributed by atoms with E-state index in [0.29, 0.717) is 5.56 Å². The molecule has 140 valence electrons. The zero-order valence-corrected chi connectivity index (χ0v) is 14.5. The molecule has 6 heteroatoms. The minimum absolute atomic E-state index is 0.0106. The first-order valence-corrected chi connectivity index (χ1v) is 8.31. The first kappa shape index (κ1) is 19.0. The molecule has 0 aromatic heterocycles. The van der Waals surface area contributed by atoms with E-state index in [-0.39, 0.29) is 16.8 Å². The van der Waals surface area contributed by atoms with Gasteiger partial charge < -0.3 is 10.4 Å². The van der Waals surface area contributed by atoms with Crippen molar-refractivity contribution in [3.63, 3.8) is 0 Å². The standard InChI is InChI=1S/C22H15F2NO3/c23-16-8-10-17(19(24)13-16)15-7-9-18(22(27)28)20(12-15)25-21(26)11-6-14-4-2-1-3-5-14/h1-13H,(H,25,26)(H,27,28). The van der Waals surface area contributed by atoms with Crippen LogP contribution >= 0.6 is 0 Å². The number of carboxylic acids is 1. The molecule has 3 rings (SSSR count). The number of nitrogens with one attached hydrogen (secondary N) is 1. The lowest BCUT2D eigenvalue weighted by Gasteiger charge is -2.10. The lowest BCUT2D eigenvalue weighted by atomic mass is 10.0. The molecule has 0 spiro atoms. The minimum atomic E-state index is -1.24. The number of halogens is 2. The Morgan fingerprint density at radius 2 is 1.68 bits per heavy atom. The van der Waals surface area contributed by atoms with Gasteiger partial charge in [-0.05, 0) is 41.5 Å². The summed E-state index contributed by atoms with van der Waals surface area (Å²) in [4.78, 5) is 23.7. The Hall–Kier alpha value is -3.80. The molecule has 0 saturated heterocycles. The van der Waals surface area contributed by atoms with E-state index in [9.17, 15) is 23.5 Å². The highest BCUT2D eigenvalue weighted by atomic mass is 19.1. The van der Waals surface area contributed by atoms with Crippen molar-refractivity contribution in [1.82, 2.24) is 0 Å². The van der Waals surface area contributed by atoms with Crippen molar-refractivity contribution in [2.75, 3.05) is 5.32 Å². The summed E-state index contributed by atoms with van der Waals surface area (Å²) in [7, 11) is 0. The molecule has 0 aliphatic heterocycles. The topological polar surface area (TPSA) is 66.4 Å². The molecule has 0 bridgehead atoms. The molecule has 3 aromatic carbocycles. The van der Waals surface area contributed by atoms with Gasteiger partial charge >= 0.3 is 5.97 Å². The summed E-state index contributed by atoms with van der Waals surface area (Å²) in [5, 5.41) is 11.8. The monoisotopic (exact) mass is 379 g/mol. The molecular weight excluding hydrogens is 364 g/mol. The molecule has 2 N–H and O–H groups in total. The van der Waals surface area contributed by atoms with Crippen LogP contribution < -0.4 is 5.32 Å². The molecule has 4 nitrogen and oxygen atoms in total. The molecule has 0 saturated carbocycles. The largest absolute Gasteiger partial charge is 0.478 e. The third-order valence-corrected chi connectivity index (χ3v) is 3.98. The minimum Gasteiger partial charge on any atom is -0.478 e. The second kappa shape index (κ2) is 8.26. The van der Waals surface area contributed by atoms with E-state index < -0.39 is 23.5 Å². The maximum absolute atomic E-state index is 14.0. The fourth-order valence-corrected chi connectivity index (χ4v) is 2.64. The fourth-order valence-electron chi connectivity index (χ4n) is 2.64. The summed E-state index contributed by atoms with van der Waals surface area (Å²) >= 11 is 0. The average Bonchev–Trinajstić information content (AvgIpc) is 2.67. The Balaban J connectivity index is 1.91. The predicted octanol–water partition coefficient (Wildman–Crippen LogP) is 4.98. The fraction of sp³-hybridized carbons (Fsp3) is 0. The van der Waals surface area contributed by atoms with Crippen molar-refractivity contribution >= 4 is 23.6 Å². The van der Waals surface area contributed by atoms with E-state index in [1.54, 1.807) is 6.08 Å². The summed E-state index contributed by atoms with van der Waals surface area (Å²) in [6.45, 7) is 0. The number of carboxylic acid groups (broad SMARTS) is 1. The Morgan fingerprint density at radius 3 is 2.36 bits per heavy atom. The van der Waals surface area contributed by atoms with Crippen LogP contribution in [0.25, 0.3) is 17.2 Å². The van der Waals surface area contributed by atoms with Gasteiger partial charge in [0.1, 0.15) is 11.6 Å². The molecule has 0 radical (unpaired) electrons. The van der Waals surface area contributed by atoms with E-state index in [1.165, 1.54) is 30.3 Å². The summed E-state index contributed by atoms with van der Waals surface area (Å²) < 4.78 is 27.2. The predicted molar refractivity (Wildman–Crippen MR) is 103 cm³/mol. The van der Waals surface area contributed by atoms with Gasteiger partial charge in [-0.25, -0.2) is 13.6 Å². The van der Waals surface area contributed by atoms with Crippen LogP contribution in [0.15, 0.2) is 72.8 Å². The normalized spacial score (nSPS) is 10.8. The van der Waals surface area contributed by atoms with Crippen molar-refractivity contribution < 1.29 is 23.5 Å². The zero-order chi connectivity index (χ0) is 20.1. The van der Waals surface area contributed by atoms with Crippen molar-refractivity contribution in [3.05, 3.63) is 95.6 Å². The van der Waals surface area contributed by atoms with Gasteiger partial charge in [-0.1, -0.05) is 36.4 Å². The number of rotatable bonds is 5. The SMILES string of the molecule is O=C(C=Cc1ccccc1)Nc1cc(-c2ccc(F)cc2F)ccc1C(=O)O. The van der Waals surface area contributed by atoms with Crippen LogP contribution in [0.2, 0.25) is 0 Å². The molecule has 0 fully saturated rings. The Morgan fingerprint density at radius 1 is 0.929 bits per heavy atom. The number of hydrogen-bond donors (Lipinski definition) is 2. The third-order valence-electron chi connectivity index (χ3n) is 3.98. The number of anilines is 1. The van der Waals surface area contributed by atoms with Gasteiger partial charge in [0.15, 0.2) is 0 Å². The molecule has 3 aromatic rings. The van der Waals surface area contributed by atoms with Gasteiger partial charge in [0.2, 0.25) is 5.91 Å². The summed E-state index contributed by atoms with van der Waals surface area (Å²) in [5.41, 5.74) is 1.07. The number of amides is 1. The van der Waals surface area contributed by atoms with Crippen LogP contribution in [0.5, 0.6) is 0 Å². The first-order valence-electron chi connectivity index (χ1n) is 8.31. The second-order valence-electron chi connectivity index (χ2n) is 5.92. The van der Waals surface area contributed by atoms with E-state index in [1.807, 2.05) is 30.3 Å². The number of aromatic carboxylic acids is 1. The molecule has 0 atom stereocenters. The first-order chi connectivity index (χ1) is 13.4. The Labute approximate surface area is 159 Å². The third kappa shape index (κ3) is 4.48. The Bertz CT molecular complexity index is 1060. The van der Waals surface area contributed by atoms with Crippen LogP contribution in [0.1, 0.15) is 15.9 Å². The van der Waals surface area contributed by atoms with Crippen molar-refractivity contribution in [2.45, 2.75) is 0 Å². The second-order valence-corrected chi connectivity index (χ2v) is 5.92. The molecular formula is C22H15F2NO3. The van der Waals surface area contributed by atoms with Crippen LogP contribution in [-0.2, 0) is 4.79 Å². The lowest BCUT2D eigenvalue weighted by Crippen LogP contribution is -2.12. The van der Waals surface area contributed by atoms with Gasteiger partial charge in [-0.15, -0.1) is 0 Å². The van der Waals surface area contributed by atoms with Crippen LogP contribution in [0, 0.1) is 11.6 Å². The van der Waals surface area contributed by atoms with Gasteiger partial charge in [-0.2, -0.15) is 0 Å². The molecule has 0 aliphatic rings. The number of hydrogen-bond acceptors (Lipinski definition) is 2. The molecule has 28 heavy (non-hydrogen) atoms. The van der Waals surface area contributed by atoms with Crippen molar-refractivity contribution in [1.29, 1.82) is 0 Å². The van der Waals surface area contributed by atoms with Crippen LogP contribution in [0.4, 0.5) is 14.5 Å². The van der Waals surface area contributed by atoms with E-state index in [0.717, 1.165) is 17.7 Å². The van der Waals surface area contributed by atoms with Crippen molar-refractivity contribution in [2.24, 2.45) is 0 Å². The van der Waals surface area contributed by atoms with Gasteiger partial charge in [-0.3, -0.25) is 4.79 Å². The summed E-state index contributed by atoms with van der Waals surface area (Å²) in [6.07, 6.45) is 2.85. The number of carbonyl (C=O) groups excluding carboxylic acids is 1. The summed E-state index contributed by atoms with van der Waals surface area (Å²) in [5.74, 6) is -3.29. The smallest absolute Gasteiger partial charge is 0.337 e. The van der Waals surface area contributed by atoms with E-state index in [4.69, 9.17) is 0 Å². The average molecular weight is 379 g/mol. The number of benzene rings is 3. The van der Waals surface area contributed by atoms with Gasteiger partial charge in [0.25, 0.3) is 0 Å². The highest BCUT2D eigenvalue weighted by molar-refractivity contribution is 6.06. The molecule has 0 unspecified atom stereocenters. The Kier molecular flexibility index (Phi) is 5.60. The van der Waals surface area contributed by atoms with Gasteiger partial charge in [0, 0.05) is 17.7 Å². The lowest BCUT2D eigenvalue weighted by molar-refractivity contribution is -0.111. The van der Waals surface area contributed by atoms with Crippen LogP contribution in [-0.4, -0.2) is 17.0 Å². The number of carbonyl (C=O) groups is 2. The summed E-state index contributed by atoms with van der Waals surface area (Å²) in [6, 6.07) is 16.2. The maximum atomic E-state index is 14.0. The van der Waals surface area contributed by atoms with Gasteiger partial charge in [0.05, 0.1) is 11.3 Å². The molecule has 1 amide bonds. The highest BCUT2D eigenvalue weighted by Crippen LogP contribution is 2.28. The maximum Gasteiger partial charge on any atom is 0.337 e. The molecule has 0 aliphatic carbocycles. The van der Waals surface area contributed by atoms with E-state index >= 15 is 0 Å². The zero-order valence-electron chi connectivity index (χ0n) is 14.5. The molecule has 0 heterocycles. The van der Waals surface area contributed by atoms with Crippen molar-refractivity contribution in [3.8, 4) is 11.1 Å². The van der Waals surface area contributed by atoms with Crippen LogP contribution in [0.3, 0.4) is 0 Å². The highest BCUT2D eigenvalue weighted by Gasteiger charge is 2.15. The van der Waals surface area contributed by atoms with E-state index in [2.05, 4.69) is 5.32 Å².